The summed E-state index contributed by atoms with van der Waals surface area (Å²) in [7, 11) is 2.15. The topological polar surface area (TPSA) is 36.9 Å². The Balaban J connectivity index is 2.34. The van der Waals surface area contributed by atoms with Gasteiger partial charge in [-0.2, -0.15) is 5.10 Å². The molecule has 84 valence electrons. The third kappa shape index (κ3) is 1.99. The number of nitrogens with zero attached hydrogens (tertiary/aromatic N) is 3. The number of nitrogens with one attached hydrogen (secondary N) is 1. The van der Waals surface area contributed by atoms with E-state index in [1.165, 1.54) is 6.42 Å². The van der Waals surface area contributed by atoms with Gasteiger partial charge in [-0.1, -0.05) is 13.8 Å². The first kappa shape index (κ1) is 10.8. The number of aromatic nitrogens is 3. The van der Waals surface area contributed by atoms with Gasteiger partial charge in [0.05, 0.1) is 6.04 Å². The van der Waals surface area contributed by atoms with Gasteiger partial charge in [0.25, 0.3) is 0 Å². The SMILES string of the molecule is CC(C)c1n[nH]c(=S)n1C1CCN(C)C1. The van der Waals surface area contributed by atoms with E-state index in [1.54, 1.807) is 0 Å². The lowest BCUT2D eigenvalue weighted by molar-refractivity contribution is 0.387. The van der Waals surface area contributed by atoms with E-state index in [0.29, 0.717) is 12.0 Å². The number of aromatic amines is 1. The highest BCUT2D eigenvalue weighted by molar-refractivity contribution is 7.71. The van der Waals surface area contributed by atoms with Gasteiger partial charge in [-0.3, -0.25) is 9.67 Å². The van der Waals surface area contributed by atoms with Gasteiger partial charge in [-0.05, 0) is 32.2 Å². The zero-order chi connectivity index (χ0) is 11.0. The first-order valence-corrected chi connectivity index (χ1v) is 5.85. The summed E-state index contributed by atoms with van der Waals surface area (Å²) < 4.78 is 2.96. The van der Waals surface area contributed by atoms with Crippen molar-refractivity contribution in [1.29, 1.82) is 0 Å². The predicted molar refractivity (Wildman–Crippen MR) is 62.7 cm³/mol. The monoisotopic (exact) mass is 226 g/mol. The molecule has 5 heteroatoms. The summed E-state index contributed by atoms with van der Waals surface area (Å²) >= 11 is 5.29. The van der Waals surface area contributed by atoms with Gasteiger partial charge in [0.1, 0.15) is 5.82 Å². The molecule has 4 nitrogen and oxygen atoms in total. The molecule has 1 aromatic heterocycles. The van der Waals surface area contributed by atoms with E-state index in [2.05, 4.69) is 40.6 Å². The minimum atomic E-state index is 0.420. The van der Waals surface area contributed by atoms with Gasteiger partial charge in [0.15, 0.2) is 4.77 Å². The number of likely N-dealkylation sites (N-methyl/N-ethyl adjacent to an activating group) is 1. The Morgan fingerprint density at radius 1 is 1.53 bits per heavy atom. The lowest BCUT2D eigenvalue weighted by Crippen LogP contribution is -2.18. The van der Waals surface area contributed by atoms with Crippen molar-refractivity contribution in [3.63, 3.8) is 0 Å². The van der Waals surface area contributed by atoms with Crippen molar-refractivity contribution in [2.24, 2.45) is 0 Å². The number of hydrogen-bond donors (Lipinski definition) is 1. The Hall–Kier alpha value is -0.680. The average molecular weight is 226 g/mol. The molecule has 0 aromatic carbocycles. The third-order valence-electron chi connectivity index (χ3n) is 2.98. The lowest BCUT2D eigenvalue weighted by Gasteiger charge is -2.16. The summed E-state index contributed by atoms with van der Waals surface area (Å²) in [6.45, 7) is 6.53. The van der Waals surface area contributed by atoms with Gasteiger partial charge < -0.3 is 4.90 Å². The molecule has 1 aliphatic rings. The molecule has 0 amide bonds. The number of likely N-dealkylation sites (tertiary alicyclic amines) is 1. The van der Waals surface area contributed by atoms with E-state index in [4.69, 9.17) is 12.2 Å². The summed E-state index contributed by atoms with van der Waals surface area (Å²) in [5, 5.41) is 7.22. The highest BCUT2D eigenvalue weighted by Gasteiger charge is 2.24. The molecule has 1 unspecified atom stereocenters. The van der Waals surface area contributed by atoms with Gasteiger partial charge >= 0.3 is 0 Å². The maximum atomic E-state index is 5.29. The Kier molecular flexibility index (Phi) is 2.93. The number of rotatable bonds is 2. The van der Waals surface area contributed by atoms with Gasteiger partial charge in [-0.15, -0.1) is 0 Å². The van der Waals surface area contributed by atoms with E-state index < -0.39 is 0 Å². The fourth-order valence-corrected chi connectivity index (χ4v) is 2.49. The Morgan fingerprint density at radius 2 is 2.27 bits per heavy atom. The maximum Gasteiger partial charge on any atom is 0.195 e. The lowest BCUT2D eigenvalue weighted by atomic mass is 10.2. The van der Waals surface area contributed by atoms with Crippen molar-refractivity contribution >= 4 is 12.2 Å². The summed E-state index contributed by atoms with van der Waals surface area (Å²) in [4.78, 5) is 2.34. The molecular formula is C10H18N4S. The van der Waals surface area contributed by atoms with E-state index in [9.17, 15) is 0 Å². The van der Waals surface area contributed by atoms with Crippen LogP contribution in [0.4, 0.5) is 0 Å². The van der Waals surface area contributed by atoms with Crippen LogP contribution in [0.25, 0.3) is 0 Å². The summed E-state index contributed by atoms with van der Waals surface area (Å²) in [5.41, 5.74) is 0. The maximum absolute atomic E-state index is 5.29. The van der Waals surface area contributed by atoms with Crippen LogP contribution < -0.4 is 0 Å². The summed E-state index contributed by atoms with van der Waals surface area (Å²) in [5.74, 6) is 1.50. The molecule has 1 aliphatic heterocycles. The number of hydrogen-bond acceptors (Lipinski definition) is 3. The first-order valence-electron chi connectivity index (χ1n) is 5.45. The Bertz CT molecular complexity index is 392. The van der Waals surface area contributed by atoms with Crippen LogP contribution in [0.15, 0.2) is 0 Å². The van der Waals surface area contributed by atoms with Crippen molar-refractivity contribution in [3.05, 3.63) is 10.6 Å². The number of H-pyrrole nitrogens is 1. The van der Waals surface area contributed by atoms with Crippen LogP contribution in [-0.4, -0.2) is 39.8 Å². The normalized spacial score (nSPS) is 22.8. The second-order valence-electron chi connectivity index (χ2n) is 4.62. The smallest absolute Gasteiger partial charge is 0.195 e. The average Bonchev–Trinajstić information content (AvgIpc) is 2.71. The summed E-state index contributed by atoms with van der Waals surface area (Å²) in [6, 6.07) is 0.499. The van der Waals surface area contributed by atoms with Crippen LogP contribution in [0.3, 0.4) is 0 Å². The standard InChI is InChI=1S/C10H18N4S/c1-7(2)9-11-12-10(15)14(9)8-4-5-13(3)6-8/h7-8H,4-6H2,1-3H3,(H,12,15). The van der Waals surface area contributed by atoms with Crippen LogP contribution in [-0.2, 0) is 0 Å². The second kappa shape index (κ2) is 4.06. The summed E-state index contributed by atoms with van der Waals surface area (Å²) in [6.07, 6.45) is 1.17. The van der Waals surface area contributed by atoms with Crippen molar-refractivity contribution in [2.45, 2.75) is 32.2 Å². The van der Waals surface area contributed by atoms with Crippen molar-refractivity contribution in [1.82, 2.24) is 19.7 Å². The largest absolute Gasteiger partial charge is 0.304 e. The quantitative estimate of drug-likeness (QED) is 0.783. The molecule has 1 N–H and O–H groups in total. The zero-order valence-electron chi connectivity index (χ0n) is 9.53. The molecule has 2 rings (SSSR count). The van der Waals surface area contributed by atoms with E-state index in [0.717, 1.165) is 23.7 Å². The molecule has 1 fully saturated rings. The Morgan fingerprint density at radius 3 is 2.80 bits per heavy atom. The molecule has 2 heterocycles. The Labute approximate surface area is 95.3 Å². The predicted octanol–water partition coefficient (Wildman–Crippen LogP) is 1.94. The minimum Gasteiger partial charge on any atom is -0.304 e. The van der Waals surface area contributed by atoms with Crippen LogP contribution in [0.2, 0.25) is 0 Å². The highest BCUT2D eigenvalue weighted by Crippen LogP contribution is 2.24. The molecule has 1 atom stereocenters. The fraction of sp³-hybridized carbons (Fsp3) is 0.800. The van der Waals surface area contributed by atoms with Gasteiger partial charge in [0, 0.05) is 12.5 Å². The van der Waals surface area contributed by atoms with Crippen LogP contribution in [0.1, 0.15) is 38.1 Å². The second-order valence-corrected chi connectivity index (χ2v) is 5.00. The fourth-order valence-electron chi connectivity index (χ4n) is 2.20. The van der Waals surface area contributed by atoms with Gasteiger partial charge in [-0.25, -0.2) is 0 Å². The molecule has 0 saturated carbocycles. The molecule has 1 saturated heterocycles. The molecule has 1 aromatic rings. The molecular weight excluding hydrogens is 208 g/mol. The van der Waals surface area contributed by atoms with E-state index in [-0.39, 0.29) is 0 Å². The molecule has 0 radical (unpaired) electrons. The minimum absolute atomic E-state index is 0.420. The van der Waals surface area contributed by atoms with Crippen LogP contribution in [0, 0.1) is 4.77 Å². The molecule has 0 aliphatic carbocycles. The van der Waals surface area contributed by atoms with E-state index >= 15 is 0 Å². The molecule has 15 heavy (non-hydrogen) atoms. The molecule has 0 spiro atoms. The molecule has 0 bridgehead atoms. The van der Waals surface area contributed by atoms with E-state index in [1.807, 2.05) is 0 Å². The van der Waals surface area contributed by atoms with Crippen LogP contribution >= 0.6 is 12.2 Å². The first-order chi connectivity index (χ1) is 7.09. The zero-order valence-corrected chi connectivity index (χ0v) is 10.3. The van der Waals surface area contributed by atoms with Crippen molar-refractivity contribution in [2.75, 3.05) is 20.1 Å². The van der Waals surface area contributed by atoms with Crippen LogP contribution in [0.5, 0.6) is 0 Å². The van der Waals surface area contributed by atoms with Crippen molar-refractivity contribution < 1.29 is 0 Å². The van der Waals surface area contributed by atoms with Crippen molar-refractivity contribution in [3.8, 4) is 0 Å². The van der Waals surface area contributed by atoms with Gasteiger partial charge in [0.2, 0.25) is 0 Å². The third-order valence-corrected chi connectivity index (χ3v) is 3.27. The highest BCUT2D eigenvalue weighted by atomic mass is 32.1.